The molecular weight excluding hydrogens is 248 g/mol. The van der Waals surface area contributed by atoms with Gasteiger partial charge in [0.2, 0.25) is 0 Å². The van der Waals surface area contributed by atoms with Gasteiger partial charge >= 0.3 is 5.97 Å². The fourth-order valence-electron chi connectivity index (χ4n) is 2.16. The molecule has 0 aromatic heterocycles. The molecule has 0 heterocycles. The van der Waals surface area contributed by atoms with Crippen LogP contribution in [0.5, 0.6) is 0 Å². The van der Waals surface area contributed by atoms with Crippen LogP contribution in [0.15, 0.2) is 18.2 Å². The minimum absolute atomic E-state index is 0.0291. The Hall–Kier alpha value is -2.11. The van der Waals surface area contributed by atoms with Crippen LogP contribution in [0.25, 0.3) is 0 Å². The first kappa shape index (κ1) is 13.3. The molecule has 0 unspecified atom stereocenters. The van der Waals surface area contributed by atoms with E-state index in [9.17, 15) is 14.9 Å². The Bertz CT molecular complexity index is 511. The quantitative estimate of drug-likeness (QED) is 0.463. The van der Waals surface area contributed by atoms with Crippen molar-refractivity contribution in [3.63, 3.8) is 0 Å². The summed E-state index contributed by atoms with van der Waals surface area (Å²) in [6.07, 6.45) is 2.07. The second-order valence-electron chi connectivity index (χ2n) is 4.47. The fourth-order valence-corrected chi connectivity index (χ4v) is 2.16. The Labute approximate surface area is 111 Å². The van der Waals surface area contributed by atoms with Crippen LogP contribution in [0.1, 0.15) is 30.1 Å². The van der Waals surface area contributed by atoms with Gasteiger partial charge in [-0.25, -0.2) is 4.79 Å². The topological polar surface area (TPSA) is 72.7 Å². The molecule has 1 aromatic carbocycles. The molecule has 0 N–H and O–H groups in total. The highest BCUT2D eigenvalue weighted by atomic mass is 16.6. The van der Waals surface area contributed by atoms with Crippen molar-refractivity contribution in [3.8, 4) is 0 Å². The molecule has 2 rings (SSSR count). The molecule has 19 heavy (non-hydrogen) atoms. The largest absolute Gasteiger partial charge is 0.465 e. The van der Waals surface area contributed by atoms with Crippen molar-refractivity contribution in [1.82, 2.24) is 0 Å². The van der Waals surface area contributed by atoms with Gasteiger partial charge in [0.15, 0.2) is 0 Å². The average Bonchev–Trinajstić information content (AvgIpc) is 3.23. The highest BCUT2D eigenvalue weighted by Gasteiger charge is 2.32. The van der Waals surface area contributed by atoms with E-state index in [0.717, 1.165) is 12.8 Å². The number of rotatable bonds is 5. The van der Waals surface area contributed by atoms with Gasteiger partial charge in [0.05, 0.1) is 17.6 Å². The van der Waals surface area contributed by atoms with Crippen molar-refractivity contribution in [3.05, 3.63) is 33.9 Å². The zero-order valence-corrected chi connectivity index (χ0v) is 11.0. The number of nitro benzene ring substituents is 1. The van der Waals surface area contributed by atoms with Gasteiger partial charge < -0.3 is 9.64 Å². The Kier molecular flexibility index (Phi) is 3.69. The molecule has 1 fully saturated rings. The van der Waals surface area contributed by atoms with E-state index in [1.165, 1.54) is 19.2 Å². The van der Waals surface area contributed by atoms with Gasteiger partial charge in [0, 0.05) is 18.7 Å². The highest BCUT2D eigenvalue weighted by molar-refractivity contribution is 5.91. The molecule has 0 bridgehead atoms. The molecule has 0 amide bonds. The maximum atomic E-state index is 11.5. The highest BCUT2D eigenvalue weighted by Crippen LogP contribution is 2.37. The maximum Gasteiger partial charge on any atom is 0.337 e. The SMILES string of the molecule is CCN(c1cc(C(=O)OC)ccc1[N+](=O)[O-])C1CC1. The summed E-state index contributed by atoms with van der Waals surface area (Å²) >= 11 is 0. The summed E-state index contributed by atoms with van der Waals surface area (Å²) in [7, 11) is 1.29. The molecule has 0 radical (unpaired) electrons. The fraction of sp³-hybridized carbons (Fsp3) is 0.462. The second kappa shape index (κ2) is 5.26. The number of carbonyl (C=O) groups is 1. The summed E-state index contributed by atoms with van der Waals surface area (Å²) in [6, 6.07) is 4.68. The Balaban J connectivity index is 2.46. The van der Waals surface area contributed by atoms with E-state index in [1.54, 1.807) is 6.07 Å². The third-order valence-corrected chi connectivity index (χ3v) is 3.23. The van der Waals surface area contributed by atoms with Crippen LogP contribution < -0.4 is 4.90 Å². The molecule has 0 atom stereocenters. The molecule has 6 nitrogen and oxygen atoms in total. The molecule has 1 saturated carbocycles. The summed E-state index contributed by atoms with van der Waals surface area (Å²) in [4.78, 5) is 24.2. The first-order chi connectivity index (χ1) is 9.08. The monoisotopic (exact) mass is 264 g/mol. The number of esters is 1. The molecule has 0 aliphatic heterocycles. The van der Waals surface area contributed by atoms with Crippen LogP contribution in [-0.4, -0.2) is 30.6 Å². The lowest BCUT2D eigenvalue weighted by atomic mass is 10.1. The minimum atomic E-state index is -0.483. The summed E-state index contributed by atoms with van der Waals surface area (Å²) in [5, 5.41) is 11.1. The Morgan fingerprint density at radius 2 is 2.21 bits per heavy atom. The molecule has 1 aliphatic carbocycles. The third kappa shape index (κ3) is 2.67. The lowest BCUT2D eigenvalue weighted by Crippen LogP contribution is -2.26. The van der Waals surface area contributed by atoms with E-state index in [2.05, 4.69) is 4.74 Å². The van der Waals surface area contributed by atoms with Crippen molar-refractivity contribution in [1.29, 1.82) is 0 Å². The van der Waals surface area contributed by atoms with Crippen molar-refractivity contribution in [2.24, 2.45) is 0 Å². The van der Waals surface area contributed by atoms with Gasteiger partial charge in [0.25, 0.3) is 5.69 Å². The molecular formula is C13H16N2O4. The van der Waals surface area contributed by atoms with E-state index >= 15 is 0 Å². The summed E-state index contributed by atoms with van der Waals surface area (Å²) < 4.78 is 4.65. The van der Waals surface area contributed by atoms with Gasteiger partial charge in [-0.2, -0.15) is 0 Å². The van der Waals surface area contributed by atoms with Gasteiger partial charge in [-0.15, -0.1) is 0 Å². The number of ether oxygens (including phenoxy) is 1. The standard InChI is InChI=1S/C13H16N2O4/c1-3-14(10-5-6-10)12-8-9(13(16)19-2)4-7-11(12)15(17)18/h4,7-8,10H,3,5-6H2,1-2H3. The van der Waals surface area contributed by atoms with Gasteiger partial charge in [-0.05, 0) is 31.9 Å². The molecule has 1 aliphatic rings. The number of anilines is 1. The van der Waals surface area contributed by atoms with Crippen LogP contribution in [0.4, 0.5) is 11.4 Å². The number of nitrogens with zero attached hydrogens (tertiary/aromatic N) is 2. The number of nitro groups is 1. The zero-order chi connectivity index (χ0) is 14.0. The average molecular weight is 264 g/mol. The Morgan fingerprint density at radius 3 is 2.68 bits per heavy atom. The molecule has 1 aromatic rings. The number of benzene rings is 1. The normalized spacial score (nSPS) is 14.0. The third-order valence-electron chi connectivity index (χ3n) is 3.23. The molecule has 6 heteroatoms. The lowest BCUT2D eigenvalue weighted by molar-refractivity contribution is -0.384. The predicted octanol–water partition coefficient (Wildman–Crippen LogP) is 2.37. The smallest absolute Gasteiger partial charge is 0.337 e. The van der Waals surface area contributed by atoms with E-state index in [0.29, 0.717) is 23.8 Å². The second-order valence-corrected chi connectivity index (χ2v) is 4.47. The van der Waals surface area contributed by atoms with Crippen molar-refractivity contribution in [2.75, 3.05) is 18.6 Å². The van der Waals surface area contributed by atoms with Crippen LogP contribution in [0.3, 0.4) is 0 Å². The maximum absolute atomic E-state index is 11.5. The van der Waals surface area contributed by atoms with Crippen LogP contribution in [-0.2, 0) is 4.74 Å². The first-order valence-electron chi connectivity index (χ1n) is 6.21. The number of carbonyl (C=O) groups excluding carboxylic acids is 1. The summed E-state index contributed by atoms with van der Waals surface area (Å²) in [5.74, 6) is -0.483. The number of hydrogen-bond acceptors (Lipinski definition) is 5. The van der Waals surface area contributed by atoms with E-state index in [-0.39, 0.29) is 5.69 Å². The predicted molar refractivity (Wildman–Crippen MR) is 70.5 cm³/mol. The zero-order valence-electron chi connectivity index (χ0n) is 11.0. The molecule has 102 valence electrons. The minimum Gasteiger partial charge on any atom is -0.465 e. The van der Waals surface area contributed by atoms with Crippen LogP contribution in [0, 0.1) is 10.1 Å². The molecule has 0 spiro atoms. The van der Waals surface area contributed by atoms with E-state index < -0.39 is 10.9 Å². The number of hydrogen-bond donors (Lipinski definition) is 0. The summed E-state index contributed by atoms with van der Waals surface area (Å²) in [5.41, 5.74) is 0.863. The van der Waals surface area contributed by atoms with Crippen molar-refractivity contribution < 1.29 is 14.5 Å². The summed E-state index contributed by atoms with van der Waals surface area (Å²) in [6.45, 7) is 2.63. The van der Waals surface area contributed by atoms with Crippen molar-refractivity contribution >= 4 is 17.3 Å². The van der Waals surface area contributed by atoms with Crippen molar-refractivity contribution in [2.45, 2.75) is 25.8 Å². The van der Waals surface area contributed by atoms with Gasteiger partial charge in [-0.3, -0.25) is 10.1 Å². The van der Waals surface area contributed by atoms with Gasteiger partial charge in [0.1, 0.15) is 5.69 Å². The van der Waals surface area contributed by atoms with E-state index in [1.807, 2.05) is 11.8 Å². The van der Waals surface area contributed by atoms with E-state index in [4.69, 9.17) is 0 Å². The first-order valence-corrected chi connectivity index (χ1v) is 6.21. The van der Waals surface area contributed by atoms with Crippen LogP contribution in [0.2, 0.25) is 0 Å². The molecule has 0 saturated heterocycles. The lowest BCUT2D eigenvalue weighted by Gasteiger charge is -2.22. The van der Waals surface area contributed by atoms with Gasteiger partial charge in [-0.1, -0.05) is 0 Å². The van der Waals surface area contributed by atoms with Crippen LogP contribution >= 0.6 is 0 Å². The Morgan fingerprint density at radius 1 is 1.53 bits per heavy atom. The number of methoxy groups -OCH3 is 1.